The van der Waals surface area contributed by atoms with E-state index < -0.39 is 0 Å². The van der Waals surface area contributed by atoms with Gasteiger partial charge in [0, 0.05) is 32.2 Å². The lowest BCUT2D eigenvalue weighted by molar-refractivity contribution is 0.0430. The van der Waals surface area contributed by atoms with Gasteiger partial charge in [-0.1, -0.05) is 30.9 Å². The van der Waals surface area contributed by atoms with E-state index in [9.17, 15) is 9.59 Å². The monoisotopic (exact) mass is 427 g/mol. The molecule has 1 atom stereocenters. The summed E-state index contributed by atoms with van der Waals surface area (Å²) in [5.41, 5.74) is 1.90. The summed E-state index contributed by atoms with van der Waals surface area (Å²) in [6.07, 6.45) is 14.3. The van der Waals surface area contributed by atoms with Crippen molar-refractivity contribution in [3.8, 4) is 0 Å². The molecule has 0 aromatic carbocycles. The van der Waals surface area contributed by atoms with E-state index in [0.717, 1.165) is 25.8 Å². The Balaban J connectivity index is 1.37. The van der Waals surface area contributed by atoms with Crippen molar-refractivity contribution in [1.29, 1.82) is 0 Å². The van der Waals surface area contributed by atoms with Crippen LogP contribution < -0.4 is 10.6 Å². The van der Waals surface area contributed by atoms with Gasteiger partial charge in [0.05, 0.1) is 12.1 Å². The van der Waals surface area contributed by atoms with Crippen LogP contribution in [0, 0.1) is 0 Å². The SMILES string of the molecule is CN1C(=O)c2cc(C(=O)NCCC3=CCCCC3)nn2CC1(C)CNC1CCCCC1. The smallest absolute Gasteiger partial charge is 0.272 e. The molecule has 2 heterocycles. The van der Waals surface area contributed by atoms with E-state index in [0.29, 0.717) is 30.5 Å². The molecule has 0 bridgehead atoms. The molecule has 1 saturated carbocycles. The number of rotatable bonds is 7. The van der Waals surface area contributed by atoms with E-state index in [1.165, 1.54) is 50.5 Å². The third-order valence-electron chi connectivity index (χ3n) is 7.33. The summed E-state index contributed by atoms with van der Waals surface area (Å²) in [4.78, 5) is 27.5. The number of hydrogen-bond acceptors (Lipinski definition) is 4. The van der Waals surface area contributed by atoms with Gasteiger partial charge in [-0.2, -0.15) is 5.10 Å². The van der Waals surface area contributed by atoms with E-state index in [4.69, 9.17) is 0 Å². The summed E-state index contributed by atoms with van der Waals surface area (Å²) in [5, 5.41) is 11.2. The van der Waals surface area contributed by atoms with Crippen LogP contribution in [0.15, 0.2) is 17.7 Å². The summed E-state index contributed by atoms with van der Waals surface area (Å²) in [6.45, 7) is 4.03. The lowest BCUT2D eigenvalue weighted by atomic mass is 9.92. The topological polar surface area (TPSA) is 79.3 Å². The summed E-state index contributed by atoms with van der Waals surface area (Å²) in [5.74, 6) is -0.270. The van der Waals surface area contributed by atoms with Crippen LogP contribution in [0.25, 0.3) is 0 Å². The second kappa shape index (κ2) is 9.55. The van der Waals surface area contributed by atoms with Crippen molar-refractivity contribution < 1.29 is 9.59 Å². The zero-order valence-corrected chi connectivity index (χ0v) is 19.1. The molecule has 1 fully saturated rings. The Kier molecular flexibility index (Phi) is 6.80. The van der Waals surface area contributed by atoms with E-state index in [-0.39, 0.29) is 17.4 Å². The molecule has 7 heteroatoms. The molecular weight excluding hydrogens is 390 g/mol. The lowest BCUT2D eigenvalue weighted by Crippen LogP contribution is -2.60. The van der Waals surface area contributed by atoms with Gasteiger partial charge in [0.25, 0.3) is 11.8 Å². The van der Waals surface area contributed by atoms with E-state index >= 15 is 0 Å². The van der Waals surface area contributed by atoms with Crippen LogP contribution in [0.1, 0.15) is 92.1 Å². The molecule has 0 saturated heterocycles. The second-order valence-corrected chi connectivity index (χ2v) is 9.76. The summed E-state index contributed by atoms with van der Waals surface area (Å²) in [6, 6.07) is 2.18. The van der Waals surface area contributed by atoms with Gasteiger partial charge in [-0.3, -0.25) is 14.3 Å². The van der Waals surface area contributed by atoms with Crippen molar-refractivity contribution in [2.75, 3.05) is 20.1 Å². The first kappa shape index (κ1) is 22.1. The van der Waals surface area contributed by atoms with E-state index in [2.05, 4.69) is 28.7 Å². The molecule has 2 aliphatic carbocycles. The quantitative estimate of drug-likeness (QED) is 0.655. The van der Waals surface area contributed by atoms with Crippen LogP contribution in [0.2, 0.25) is 0 Å². The Bertz CT molecular complexity index is 839. The van der Waals surface area contributed by atoms with Crippen molar-refractivity contribution in [1.82, 2.24) is 25.3 Å². The van der Waals surface area contributed by atoms with Crippen LogP contribution in [0.5, 0.6) is 0 Å². The normalized spacial score (nSPS) is 24.6. The minimum atomic E-state index is -0.366. The zero-order valence-electron chi connectivity index (χ0n) is 19.1. The van der Waals surface area contributed by atoms with Crippen LogP contribution in [-0.4, -0.2) is 58.2 Å². The van der Waals surface area contributed by atoms with Gasteiger partial charge in [0.15, 0.2) is 5.69 Å². The Morgan fingerprint density at radius 2 is 2.03 bits per heavy atom. The Morgan fingerprint density at radius 3 is 2.77 bits per heavy atom. The van der Waals surface area contributed by atoms with Crippen molar-refractivity contribution in [2.45, 2.75) is 89.3 Å². The average molecular weight is 428 g/mol. The Morgan fingerprint density at radius 1 is 1.23 bits per heavy atom. The van der Waals surface area contributed by atoms with Gasteiger partial charge in [0.1, 0.15) is 5.69 Å². The highest BCUT2D eigenvalue weighted by atomic mass is 16.2. The first-order chi connectivity index (χ1) is 15.0. The predicted molar refractivity (Wildman–Crippen MR) is 121 cm³/mol. The Labute approximate surface area is 185 Å². The van der Waals surface area contributed by atoms with Crippen LogP contribution in [0.4, 0.5) is 0 Å². The number of fused-ring (bicyclic) bond motifs is 1. The highest BCUT2D eigenvalue weighted by molar-refractivity contribution is 5.98. The van der Waals surface area contributed by atoms with Gasteiger partial charge in [-0.15, -0.1) is 0 Å². The molecule has 1 aliphatic heterocycles. The van der Waals surface area contributed by atoms with Gasteiger partial charge >= 0.3 is 0 Å². The van der Waals surface area contributed by atoms with Crippen molar-refractivity contribution in [2.24, 2.45) is 0 Å². The Hall–Kier alpha value is -2.15. The molecule has 2 amide bonds. The number of carbonyl (C=O) groups is 2. The molecule has 2 N–H and O–H groups in total. The first-order valence-corrected chi connectivity index (χ1v) is 12.0. The molecule has 1 aromatic rings. The second-order valence-electron chi connectivity index (χ2n) is 9.76. The fraction of sp³-hybridized carbons (Fsp3) is 0.708. The summed E-state index contributed by atoms with van der Waals surface area (Å²) in [7, 11) is 1.86. The van der Waals surface area contributed by atoms with E-state index in [1.54, 1.807) is 10.7 Å². The number of nitrogens with zero attached hydrogens (tertiary/aromatic N) is 3. The molecule has 0 radical (unpaired) electrons. The zero-order chi connectivity index (χ0) is 21.8. The average Bonchev–Trinajstić information content (AvgIpc) is 3.21. The molecule has 31 heavy (non-hydrogen) atoms. The number of hydrogen-bond donors (Lipinski definition) is 2. The fourth-order valence-corrected chi connectivity index (χ4v) is 5.07. The molecule has 1 aromatic heterocycles. The van der Waals surface area contributed by atoms with Gasteiger partial charge in [0.2, 0.25) is 0 Å². The number of nitrogens with one attached hydrogen (secondary N) is 2. The maximum atomic E-state index is 13.0. The number of aromatic nitrogens is 2. The van der Waals surface area contributed by atoms with Gasteiger partial charge in [-0.05, 0) is 51.9 Å². The minimum Gasteiger partial charge on any atom is -0.350 e. The molecule has 0 spiro atoms. The van der Waals surface area contributed by atoms with Gasteiger partial charge < -0.3 is 15.5 Å². The third kappa shape index (κ3) is 5.03. The maximum absolute atomic E-state index is 13.0. The van der Waals surface area contributed by atoms with Crippen molar-refractivity contribution >= 4 is 11.8 Å². The number of carbonyl (C=O) groups excluding carboxylic acids is 2. The van der Waals surface area contributed by atoms with Crippen molar-refractivity contribution in [3.05, 3.63) is 29.1 Å². The summed E-state index contributed by atoms with van der Waals surface area (Å²) < 4.78 is 1.73. The fourth-order valence-electron chi connectivity index (χ4n) is 5.07. The molecule has 4 rings (SSSR count). The van der Waals surface area contributed by atoms with Crippen LogP contribution >= 0.6 is 0 Å². The largest absolute Gasteiger partial charge is 0.350 e. The number of allylic oxidation sites excluding steroid dienone is 1. The first-order valence-electron chi connectivity index (χ1n) is 12.0. The van der Waals surface area contributed by atoms with Gasteiger partial charge in [-0.25, -0.2) is 0 Å². The third-order valence-corrected chi connectivity index (χ3v) is 7.33. The molecule has 170 valence electrons. The summed E-state index contributed by atoms with van der Waals surface area (Å²) >= 11 is 0. The number of likely N-dealkylation sites (N-methyl/N-ethyl adjacent to an activating group) is 1. The highest BCUT2D eigenvalue weighted by Crippen LogP contribution is 2.26. The highest BCUT2D eigenvalue weighted by Gasteiger charge is 2.41. The van der Waals surface area contributed by atoms with Crippen molar-refractivity contribution in [3.63, 3.8) is 0 Å². The van der Waals surface area contributed by atoms with Crippen LogP contribution in [-0.2, 0) is 6.54 Å². The van der Waals surface area contributed by atoms with Crippen LogP contribution in [0.3, 0.4) is 0 Å². The number of amides is 2. The molecule has 7 nitrogen and oxygen atoms in total. The molecular formula is C24H37N5O2. The molecule has 3 aliphatic rings. The minimum absolute atomic E-state index is 0.0712. The predicted octanol–water partition coefficient (Wildman–Crippen LogP) is 3.27. The lowest BCUT2D eigenvalue weighted by Gasteiger charge is -2.43. The van der Waals surface area contributed by atoms with E-state index in [1.807, 2.05) is 11.9 Å². The maximum Gasteiger partial charge on any atom is 0.272 e. The standard InChI is InChI=1S/C24H37N5O2/c1-24(16-26-19-11-7-4-8-12-19)17-29-21(23(31)28(24)2)15-20(27-29)22(30)25-14-13-18-9-5-3-6-10-18/h9,15,19,26H,3-8,10-14,16-17H2,1-2H3,(H,25,30). The molecule has 1 unspecified atom stereocenters.